The third-order valence-electron chi connectivity index (χ3n) is 9.73. The van der Waals surface area contributed by atoms with Gasteiger partial charge in [-0.05, 0) is 16.7 Å². The van der Waals surface area contributed by atoms with Gasteiger partial charge in [-0.3, -0.25) is 14.4 Å². The van der Waals surface area contributed by atoms with Crippen molar-refractivity contribution in [2.24, 2.45) is 0 Å². The number of carbonyl (C=O) groups is 4. The summed E-state index contributed by atoms with van der Waals surface area (Å²) in [6.07, 6.45) is -22.7. The summed E-state index contributed by atoms with van der Waals surface area (Å²) >= 11 is 0. The van der Waals surface area contributed by atoms with Gasteiger partial charge in [0.25, 0.3) is 0 Å². The number of ether oxygens (including phenoxy) is 11. The third kappa shape index (κ3) is 14.3. The molecule has 0 amide bonds. The first-order valence-corrected chi connectivity index (χ1v) is 20.2. The number of alkyl halides is 5. The fourth-order valence-electron chi connectivity index (χ4n) is 6.82. The SMILES string of the molecule is C=CCO[C@H]1O[C@H](COCc2ccccc2)[C@@H](OCc2ccccc2)[C@H](OCc2ccccc2)[C@@H]1O[C@H]1O[C@H](COC(C)=O)[C@@H](OC(C)=O)[C@H](OC(C)=O)[C@@H]1OC(=O)C(F)(F)C(F)(F)F. The van der Waals surface area contributed by atoms with Crippen LogP contribution in [0.4, 0.5) is 22.0 Å². The third-order valence-corrected chi connectivity index (χ3v) is 9.73. The second-order valence-electron chi connectivity index (χ2n) is 14.7. The quantitative estimate of drug-likeness (QED) is 0.0532. The van der Waals surface area contributed by atoms with Gasteiger partial charge in [0.1, 0.15) is 37.1 Å². The van der Waals surface area contributed by atoms with Crippen molar-refractivity contribution >= 4 is 23.9 Å². The van der Waals surface area contributed by atoms with Gasteiger partial charge in [0.15, 0.2) is 30.9 Å². The predicted molar refractivity (Wildman–Crippen MR) is 213 cm³/mol. The molecule has 3 aromatic rings. The van der Waals surface area contributed by atoms with Crippen LogP contribution in [-0.4, -0.2) is 117 Å². The van der Waals surface area contributed by atoms with E-state index in [4.69, 9.17) is 52.1 Å². The van der Waals surface area contributed by atoms with Crippen LogP contribution in [0, 0.1) is 0 Å². The monoisotopic (exact) mass is 924 g/mol. The molecule has 0 spiro atoms. The first kappa shape index (κ1) is 50.6. The lowest BCUT2D eigenvalue weighted by Crippen LogP contribution is -2.67. The Labute approximate surface area is 370 Å². The maximum absolute atomic E-state index is 14.7. The highest BCUT2D eigenvalue weighted by molar-refractivity contribution is 5.79. The molecule has 2 aliphatic heterocycles. The summed E-state index contributed by atoms with van der Waals surface area (Å²) in [5.74, 6) is -12.5. The summed E-state index contributed by atoms with van der Waals surface area (Å²) in [5, 5.41) is 0. The number of esters is 4. The van der Waals surface area contributed by atoms with Crippen molar-refractivity contribution in [3.8, 4) is 0 Å². The summed E-state index contributed by atoms with van der Waals surface area (Å²) < 4.78 is 135. The van der Waals surface area contributed by atoms with Crippen molar-refractivity contribution in [2.75, 3.05) is 19.8 Å². The molecular formula is C45H49F5O15. The maximum atomic E-state index is 14.7. The van der Waals surface area contributed by atoms with Gasteiger partial charge in [-0.15, -0.1) is 6.58 Å². The van der Waals surface area contributed by atoms with Gasteiger partial charge >= 0.3 is 36.0 Å². The van der Waals surface area contributed by atoms with E-state index in [1.165, 1.54) is 6.08 Å². The number of benzene rings is 3. The fraction of sp³-hybridized carbons (Fsp3) is 0.467. The van der Waals surface area contributed by atoms with Gasteiger partial charge in [0, 0.05) is 20.8 Å². The average Bonchev–Trinajstić information content (AvgIpc) is 3.26. The Bertz CT molecular complexity index is 1990. The molecule has 2 heterocycles. The lowest BCUT2D eigenvalue weighted by Gasteiger charge is -2.49. The van der Waals surface area contributed by atoms with E-state index in [0.717, 1.165) is 26.3 Å². The Hall–Kier alpha value is -5.35. The highest BCUT2D eigenvalue weighted by atomic mass is 19.4. The van der Waals surface area contributed by atoms with Crippen LogP contribution >= 0.6 is 0 Å². The van der Waals surface area contributed by atoms with Gasteiger partial charge < -0.3 is 52.1 Å². The average molecular weight is 925 g/mol. The highest BCUT2D eigenvalue weighted by Crippen LogP contribution is 2.40. The van der Waals surface area contributed by atoms with Crippen LogP contribution in [-0.2, 0) is 91.1 Å². The molecule has 2 aliphatic rings. The lowest BCUT2D eigenvalue weighted by atomic mass is 9.96. The zero-order valence-corrected chi connectivity index (χ0v) is 35.5. The number of hydrogen-bond acceptors (Lipinski definition) is 15. The van der Waals surface area contributed by atoms with Gasteiger partial charge in [0.05, 0.1) is 33.0 Å². The zero-order valence-electron chi connectivity index (χ0n) is 35.5. The van der Waals surface area contributed by atoms with Crippen LogP contribution in [0.25, 0.3) is 0 Å². The first-order valence-electron chi connectivity index (χ1n) is 20.2. The van der Waals surface area contributed by atoms with E-state index in [1.807, 2.05) is 30.3 Å². The predicted octanol–water partition coefficient (Wildman–Crippen LogP) is 5.95. The first-order chi connectivity index (χ1) is 31.0. The van der Waals surface area contributed by atoms with Gasteiger partial charge in [-0.25, -0.2) is 4.79 Å². The molecular weight excluding hydrogens is 875 g/mol. The molecule has 3 aromatic carbocycles. The van der Waals surface area contributed by atoms with E-state index < -0.39 is 104 Å². The molecule has 10 atom stereocenters. The van der Waals surface area contributed by atoms with Crippen LogP contribution in [0.1, 0.15) is 37.5 Å². The molecule has 20 heteroatoms. The second-order valence-corrected chi connectivity index (χ2v) is 14.7. The van der Waals surface area contributed by atoms with E-state index in [2.05, 4.69) is 6.58 Å². The number of hydrogen-bond donors (Lipinski definition) is 0. The Morgan fingerprint density at radius 3 is 1.57 bits per heavy atom. The summed E-state index contributed by atoms with van der Waals surface area (Å²) in [5.41, 5.74) is 2.19. The van der Waals surface area contributed by atoms with Crippen molar-refractivity contribution in [1.82, 2.24) is 0 Å². The molecule has 354 valence electrons. The standard InChI is InChI=1S/C45H49F5O15/c1-5-21-56-41-39(64-42-40(65-43(54)44(46,47)45(48,49)50)38(61-29(4)53)36(60-28(3)52)34(63-42)26-57-27(2)51)37(59-24-32-19-13-8-14-20-32)35(58-23-31-17-11-7-12-18-31)33(62-41)25-55-22-30-15-9-6-10-16-30/h5-20,33-42H,1,21-26H2,2-4H3/t33-,34-,35-,36-,37+,38+,39+,40+,41+,42-/m1/s1. The number of carbonyl (C=O) groups excluding carboxylic acids is 4. The Morgan fingerprint density at radius 1 is 0.569 bits per heavy atom. The summed E-state index contributed by atoms with van der Waals surface area (Å²) in [6, 6.07) is 26.9. The molecule has 0 bridgehead atoms. The van der Waals surface area contributed by atoms with Crippen LogP contribution in [0.3, 0.4) is 0 Å². The molecule has 0 aliphatic carbocycles. The molecule has 2 saturated heterocycles. The summed E-state index contributed by atoms with van der Waals surface area (Å²) in [7, 11) is 0. The van der Waals surface area contributed by atoms with E-state index in [-0.39, 0.29) is 33.0 Å². The van der Waals surface area contributed by atoms with Crippen molar-refractivity contribution in [3.63, 3.8) is 0 Å². The molecule has 2 fully saturated rings. The van der Waals surface area contributed by atoms with Crippen molar-refractivity contribution < 1.29 is 93.2 Å². The van der Waals surface area contributed by atoms with E-state index >= 15 is 0 Å². The van der Waals surface area contributed by atoms with Crippen molar-refractivity contribution in [1.29, 1.82) is 0 Å². The molecule has 0 aromatic heterocycles. The van der Waals surface area contributed by atoms with E-state index in [9.17, 15) is 41.1 Å². The normalized spacial score (nSPS) is 25.8. The molecule has 5 rings (SSSR count). The van der Waals surface area contributed by atoms with Gasteiger partial charge in [0.2, 0.25) is 0 Å². The minimum absolute atomic E-state index is 0.0457. The molecule has 0 radical (unpaired) electrons. The van der Waals surface area contributed by atoms with Crippen molar-refractivity contribution in [2.45, 2.75) is 114 Å². The second kappa shape index (κ2) is 23.7. The van der Waals surface area contributed by atoms with Crippen LogP contribution in [0.2, 0.25) is 0 Å². The van der Waals surface area contributed by atoms with Crippen LogP contribution in [0.5, 0.6) is 0 Å². The van der Waals surface area contributed by atoms with Crippen LogP contribution in [0.15, 0.2) is 104 Å². The van der Waals surface area contributed by atoms with Gasteiger partial charge in [-0.1, -0.05) is 97.1 Å². The maximum Gasteiger partial charge on any atom is 0.465 e. The Balaban J connectivity index is 1.63. The molecule has 65 heavy (non-hydrogen) atoms. The highest BCUT2D eigenvalue weighted by Gasteiger charge is 2.67. The summed E-state index contributed by atoms with van der Waals surface area (Å²) in [6.45, 7) is 5.21. The molecule has 0 N–H and O–H groups in total. The van der Waals surface area contributed by atoms with E-state index in [0.29, 0.717) is 11.1 Å². The van der Waals surface area contributed by atoms with E-state index in [1.54, 1.807) is 60.7 Å². The fourth-order valence-corrected chi connectivity index (χ4v) is 6.82. The van der Waals surface area contributed by atoms with Gasteiger partial charge in [-0.2, -0.15) is 22.0 Å². The lowest BCUT2D eigenvalue weighted by molar-refractivity contribution is -0.376. The smallest absolute Gasteiger partial charge is 0.463 e. The van der Waals surface area contributed by atoms with Crippen LogP contribution < -0.4 is 0 Å². The molecule has 0 unspecified atom stereocenters. The zero-order chi connectivity index (χ0) is 47.1. The molecule has 15 nitrogen and oxygen atoms in total. The summed E-state index contributed by atoms with van der Waals surface area (Å²) in [4.78, 5) is 49.9. The number of rotatable bonds is 21. The van der Waals surface area contributed by atoms with Crippen molar-refractivity contribution in [3.05, 3.63) is 120 Å². The number of halogens is 5. The minimum atomic E-state index is -6.46. The minimum Gasteiger partial charge on any atom is -0.463 e. The Kier molecular flexibility index (Phi) is 18.5. The topological polar surface area (TPSA) is 170 Å². The largest absolute Gasteiger partial charge is 0.465 e. The molecule has 0 saturated carbocycles. The Morgan fingerprint density at radius 2 is 1.06 bits per heavy atom.